The highest BCUT2D eigenvalue weighted by molar-refractivity contribution is 6.03. The van der Waals surface area contributed by atoms with E-state index in [1.165, 1.54) is 5.56 Å². The van der Waals surface area contributed by atoms with Gasteiger partial charge in [0.15, 0.2) is 0 Å². The minimum Gasteiger partial charge on any atom is -0.497 e. The zero-order chi connectivity index (χ0) is 23.4. The monoisotopic (exact) mass is 447 g/mol. The Kier molecular flexibility index (Phi) is 6.79. The molecule has 0 saturated carbocycles. The molecular formula is C26H29N3O4. The highest BCUT2D eigenvalue weighted by atomic mass is 16.5. The lowest BCUT2D eigenvalue weighted by molar-refractivity contribution is -0.134. The second-order valence-electron chi connectivity index (χ2n) is 8.24. The van der Waals surface area contributed by atoms with Crippen LogP contribution in [0.2, 0.25) is 0 Å². The third-order valence-electron chi connectivity index (χ3n) is 5.76. The molecule has 1 aliphatic rings. The molecule has 7 heteroatoms. The van der Waals surface area contributed by atoms with Gasteiger partial charge in [0.05, 0.1) is 32.7 Å². The first kappa shape index (κ1) is 22.6. The zero-order valence-corrected chi connectivity index (χ0v) is 19.4. The van der Waals surface area contributed by atoms with E-state index in [0.29, 0.717) is 13.0 Å². The van der Waals surface area contributed by atoms with Gasteiger partial charge in [-0.3, -0.25) is 9.69 Å². The van der Waals surface area contributed by atoms with Crippen molar-refractivity contribution < 1.29 is 18.7 Å². The van der Waals surface area contributed by atoms with Crippen molar-refractivity contribution in [2.45, 2.75) is 25.9 Å². The van der Waals surface area contributed by atoms with Crippen LogP contribution in [0.5, 0.6) is 11.5 Å². The molecule has 0 aliphatic carbocycles. The molecule has 0 fully saturated rings. The van der Waals surface area contributed by atoms with Gasteiger partial charge in [-0.1, -0.05) is 35.9 Å². The first-order valence-electron chi connectivity index (χ1n) is 10.9. The SMILES string of the molecule is COc1ccc(CN(C)CC(=O)N2N=C(c3ccc(C)cc3)CC2c2ccco2)c(OC)c1. The van der Waals surface area contributed by atoms with Gasteiger partial charge in [-0.25, -0.2) is 5.01 Å². The molecule has 0 radical (unpaired) electrons. The van der Waals surface area contributed by atoms with Crippen LogP contribution in [0, 0.1) is 6.92 Å². The molecule has 1 amide bonds. The van der Waals surface area contributed by atoms with Crippen molar-refractivity contribution >= 4 is 11.6 Å². The van der Waals surface area contributed by atoms with Crippen LogP contribution in [0.4, 0.5) is 0 Å². The maximum atomic E-state index is 13.3. The van der Waals surface area contributed by atoms with E-state index in [0.717, 1.165) is 34.1 Å². The van der Waals surface area contributed by atoms with E-state index in [1.54, 1.807) is 25.5 Å². The van der Waals surface area contributed by atoms with Crippen LogP contribution in [-0.4, -0.2) is 49.3 Å². The molecule has 1 atom stereocenters. The number of hydrazone groups is 1. The van der Waals surface area contributed by atoms with Crippen molar-refractivity contribution in [3.05, 3.63) is 83.3 Å². The number of amides is 1. The molecule has 1 aromatic heterocycles. The van der Waals surface area contributed by atoms with Gasteiger partial charge in [0.25, 0.3) is 5.91 Å². The fourth-order valence-corrected chi connectivity index (χ4v) is 4.00. The van der Waals surface area contributed by atoms with Gasteiger partial charge in [-0.05, 0) is 37.7 Å². The number of carbonyl (C=O) groups excluding carboxylic acids is 1. The number of likely N-dealkylation sites (N-methyl/N-ethyl adjacent to an activating group) is 1. The lowest BCUT2D eigenvalue weighted by atomic mass is 10.0. The van der Waals surface area contributed by atoms with E-state index in [1.807, 2.05) is 54.4 Å². The molecular weight excluding hydrogens is 418 g/mol. The van der Waals surface area contributed by atoms with E-state index in [9.17, 15) is 4.79 Å². The molecule has 7 nitrogen and oxygen atoms in total. The summed E-state index contributed by atoms with van der Waals surface area (Å²) in [5.74, 6) is 2.09. The number of rotatable bonds is 8. The van der Waals surface area contributed by atoms with Gasteiger partial charge in [-0.15, -0.1) is 0 Å². The lowest BCUT2D eigenvalue weighted by Crippen LogP contribution is -2.36. The van der Waals surface area contributed by atoms with Crippen molar-refractivity contribution in [2.75, 3.05) is 27.8 Å². The highest BCUT2D eigenvalue weighted by Crippen LogP contribution is 2.33. The van der Waals surface area contributed by atoms with Crippen molar-refractivity contribution in [3.63, 3.8) is 0 Å². The summed E-state index contributed by atoms with van der Waals surface area (Å²) in [6, 6.07) is 17.4. The summed E-state index contributed by atoms with van der Waals surface area (Å²) in [7, 11) is 5.16. The second kappa shape index (κ2) is 9.92. The number of benzene rings is 2. The number of hydrogen-bond donors (Lipinski definition) is 0. The van der Waals surface area contributed by atoms with Gasteiger partial charge in [0.2, 0.25) is 0 Å². The smallest absolute Gasteiger partial charge is 0.257 e. The van der Waals surface area contributed by atoms with Crippen LogP contribution >= 0.6 is 0 Å². The molecule has 1 aliphatic heterocycles. The van der Waals surface area contributed by atoms with Gasteiger partial charge in [0.1, 0.15) is 23.3 Å². The molecule has 172 valence electrons. The fourth-order valence-electron chi connectivity index (χ4n) is 4.00. The van der Waals surface area contributed by atoms with Crippen LogP contribution in [0.15, 0.2) is 70.4 Å². The molecule has 4 rings (SSSR count). The summed E-state index contributed by atoms with van der Waals surface area (Å²) < 4.78 is 16.4. The Balaban J connectivity index is 1.51. The van der Waals surface area contributed by atoms with Crippen molar-refractivity contribution in [1.82, 2.24) is 9.91 Å². The lowest BCUT2D eigenvalue weighted by Gasteiger charge is -2.24. The topological polar surface area (TPSA) is 67.5 Å². The van der Waals surface area contributed by atoms with Gasteiger partial charge >= 0.3 is 0 Å². The molecule has 0 saturated heterocycles. The molecule has 2 aromatic carbocycles. The average Bonchev–Trinajstić information content (AvgIpc) is 3.50. The van der Waals surface area contributed by atoms with E-state index in [4.69, 9.17) is 19.0 Å². The standard InChI is InChI=1S/C26H29N3O4/c1-18-7-9-19(10-8-18)22-15-23(24-6-5-13-33-24)29(27-22)26(30)17-28(2)16-20-11-12-21(31-3)14-25(20)32-4/h5-14,23H,15-17H2,1-4H3. The maximum Gasteiger partial charge on any atom is 0.257 e. The minimum absolute atomic E-state index is 0.0894. The van der Waals surface area contributed by atoms with Crippen LogP contribution in [-0.2, 0) is 11.3 Å². The molecule has 0 N–H and O–H groups in total. The molecule has 0 spiro atoms. The summed E-state index contributed by atoms with van der Waals surface area (Å²) in [4.78, 5) is 15.3. The third-order valence-corrected chi connectivity index (χ3v) is 5.76. The predicted molar refractivity (Wildman–Crippen MR) is 127 cm³/mol. The number of ether oxygens (including phenoxy) is 2. The maximum absolute atomic E-state index is 13.3. The Bertz CT molecular complexity index is 1120. The molecule has 33 heavy (non-hydrogen) atoms. The normalized spacial score (nSPS) is 15.6. The van der Waals surface area contributed by atoms with E-state index >= 15 is 0 Å². The largest absolute Gasteiger partial charge is 0.497 e. The molecule has 1 unspecified atom stereocenters. The summed E-state index contributed by atoms with van der Waals surface area (Å²) >= 11 is 0. The van der Waals surface area contributed by atoms with Gasteiger partial charge < -0.3 is 13.9 Å². The molecule has 3 aromatic rings. The van der Waals surface area contributed by atoms with E-state index in [2.05, 4.69) is 19.1 Å². The van der Waals surface area contributed by atoms with E-state index in [-0.39, 0.29) is 18.5 Å². The first-order valence-corrected chi connectivity index (χ1v) is 10.9. The second-order valence-corrected chi connectivity index (χ2v) is 8.24. The van der Waals surface area contributed by atoms with Crippen molar-refractivity contribution in [1.29, 1.82) is 0 Å². The Hall–Kier alpha value is -3.58. The Labute approximate surface area is 194 Å². The minimum atomic E-state index is -0.257. The number of hydrogen-bond acceptors (Lipinski definition) is 6. The van der Waals surface area contributed by atoms with Crippen LogP contribution in [0.1, 0.15) is 34.9 Å². The average molecular weight is 448 g/mol. The number of methoxy groups -OCH3 is 2. The summed E-state index contributed by atoms with van der Waals surface area (Å²) in [5, 5.41) is 6.28. The number of carbonyl (C=O) groups is 1. The molecule has 2 heterocycles. The Morgan fingerprint density at radius 2 is 1.94 bits per heavy atom. The quantitative estimate of drug-likeness (QED) is 0.512. The predicted octanol–water partition coefficient (Wildman–Crippen LogP) is 4.41. The fraction of sp³-hybridized carbons (Fsp3) is 0.308. The van der Waals surface area contributed by atoms with Gasteiger partial charge in [0, 0.05) is 24.6 Å². The van der Waals surface area contributed by atoms with Crippen LogP contribution in [0.3, 0.4) is 0 Å². The summed E-state index contributed by atoms with van der Waals surface area (Å²) in [6.07, 6.45) is 2.24. The van der Waals surface area contributed by atoms with Crippen molar-refractivity contribution in [2.24, 2.45) is 5.10 Å². The molecule has 0 bridgehead atoms. The third kappa shape index (κ3) is 5.09. The Morgan fingerprint density at radius 3 is 2.61 bits per heavy atom. The highest BCUT2D eigenvalue weighted by Gasteiger charge is 2.35. The first-order chi connectivity index (χ1) is 16.0. The van der Waals surface area contributed by atoms with Crippen LogP contribution in [0.25, 0.3) is 0 Å². The number of aryl methyl sites for hydroxylation is 1. The Morgan fingerprint density at radius 1 is 1.15 bits per heavy atom. The van der Waals surface area contributed by atoms with Crippen molar-refractivity contribution in [3.8, 4) is 11.5 Å². The van der Waals surface area contributed by atoms with E-state index < -0.39 is 0 Å². The number of nitrogens with zero attached hydrogens (tertiary/aromatic N) is 3. The number of furan rings is 1. The zero-order valence-electron chi connectivity index (χ0n) is 19.4. The van der Waals surface area contributed by atoms with Crippen LogP contribution < -0.4 is 9.47 Å². The van der Waals surface area contributed by atoms with Gasteiger partial charge in [-0.2, -0.15) is 5.10 Å². The summed E-state index contributed by atoms with van der Waals surface area (Å²) in [5.41, 5.74) is 4.05. The summed E-state index contributed by atoms with van der Waals surface area (Å²) in [6.45, 7) is 2.80.